The Kier molecular flexibility index (Phi) is 5.73. The number of methoxy groups -OCH3 is 2. The fraction of sp³-hybridized carbons (Fsp3) is 0.250. The van der Waals surface area contributed by atoms with E-state index < -0.39 is 0 Å². The Morgan fingerprint density at radius 1 is 1.09 bits per heavy atom. The molecule has 6 nitrogen and oxygen atoms in total. The normalized spacial score (nSPS) is 10.1. The number of pyridine rings is 1. The molecule has 6 heteroatoms. The van der Waals surface area contributed by atoms with E-state index in [9.17, 15) is 4.79 Å². The van der Waals surface area contributed by atoms with Gasteiger partial charge >= 0.3 is 0 Å². The van der Waals surface area contributed by atoms with Crippen LogP contribution in [0.4, 0.5) is 11.4 Å². The average Bonchev–Trinajstić information content (AvgIpc) is 2.56. The smallest absolute Gasteiger partial charge is 0.269 e. The van der Waals surface area contributed by atoms with Gasteiger partial charge in [-0.1, -0.05) is 0 Å². The third kappa shape index (κ3) is 4.46. The van der Waals surface area contributed by atoms with Gasteiger partial charge in [0.2, 0.25) is 0 Å². The van der Waals surface area contributed by atoms with Crippen molar-refractivity contribution in [1.29, 1.82) is 0 Å². The van der Waals surface area contributed by atoms with E-state index in [0.29, 0.717) is 18.8 Å². The van der Waals surface area contributed by atoms with Crippen LogP contribution < -0.4 is 15.4 Å². The Balaban J connectivity index is 1.94. The molecule has 1 heterocycles. The van der Waals surface area contributed by atoms with Crippen molar-refractivity contribution >= 4 is 17.3 Å². The molecule has 0 radical (unpaired) electrons. The number of anilines is 2. The molecule has 0 bridgehead atoms. The van der Waals surface area contributed by atoms with Gasteiger partial charge in [0.25, 0.3) is 5.91 Å². The van der Waals surface area contributed by atoms with E-state index in [-0.39, 0.29) is 5.91 Å². The summed E-state index contributed by atoms with van der Waals surface area (Å²) in [5, 5.41) is 5.92. The summed E-state index contributed by atoms with van der Waals surface area (Å²) in [5.41, 5.74) is 2.09. The maximum Gasteiger partial charge on any atom is 0.269 e. The third-order valence-electron chi connectivity index (χ3n) is 2.97. The van der Waals surface area contributed by atoms with Crippen LogP contribution in [-0.4, -0.2) is 38.3 Å². The van der Waals surface area contributed by atoms with E-state index in [4.69, 9.17) is 9.47 Å². The van der Waals surface area contributed by atoms with Crippen LogP contribution in [0, 0.1) is 0 Å². The van der Waals surface area contributed by atoms with Crippen LogP contribution in [0.1, 0.15) is 10.5 Å². The van der Waals surface area contributed by atoms with Crippen molar-refractivity contribution in [3.8, 4) is 5.75 Å². The van der Waals surface area contributed by atoms with E-state index in [1.165, 1.54) is 0 Å². The molecule has 1 aromatic carbocycles. The van der Waals surface area contributed by atoms with Gasteiger partial charge in [0.05, 0.1) is 25.6 Å². The predicted molar refractivity (Wildman–Crippen MR) is 84.7 cm³/mol. The highest BCUT2D eigenvalue weighted by atomic mass is 16.5. The topological polar surface area (TPSA) is 72.5 Å². The van der Waals surface area contributed by atoms with Crippen LogP contribution in [0.25, 0.3) is 0 Å². The Labute approximate surface area is 129 Å². The fourth-order valence-electron chi connectivity index (χ4n) is 1.80. The molecule has 0 aliphatic carbocycles. The summed E-state index contributed by atoms with van der Waals surface area (Å²) in [5.74, 6) is 0.583. The first-order valence-electron chi connectivity index (χ1n) is 6.87. The van der Waals surface area contributed by atoms with Gasteiger partial charge in [0.15, 0.2) is 0 Å². The first-order valence-corrected chi connectivity index (χ1v) is 6.87. The minimum Gasteiger partial charge on any atom is -0.497 e. The van der Waals surface area contributed by atoms with E-state index >= 15 is 0 Å². The third-order valence-corrected chi connectivity index (χ3v) is 2.97. The first kappa shape index (κ1) is 15.8. The number of benzene rings is 1. The Morgan fingerprint density at radius 2 is 1.82 bits per heavy atom. The minimum absolute atomic E-state index is 0.215. The lowest BCUT2D eigenvalue weighted by Gasteiger charge is -2.08. The zero-order valence-corrected chi connectivity index (χ0v) is 12.6. The molecule has 2 aromatic rings. The lowest BCUT2D eigenvalue weighted by atomic mass is 10.2. The number of carbonyl (C=O) groups is 1. The van der Waals surface area contributed by atoms with Crippen molar-refractivity contribution in [2.24, 2.45) is 0 Å². The quantitative estimate of drug-likeness (QED) is 0.767. The molecular formula is C16H19N3O3. The van der Waals surface area contributed by atoms with Gasteiger partial charge in [-0.3, -0.25) is 4.79 Å². The highest BCUT2D eigenvalue weighted by Gasteiger charge is 2.06. The number of aromatic nitrogens is 1. The van der Waals surface area contributed by atoms with Crippen molar-refractivity contribution < 1.29 is 14.3 Å². The Hall–Kier alpha value is -2.60. The number of amides is 1. The molecule has 22 heavy (non-hydrogen) atoms. The molecule has 1 amide bonds. The molecule has 0 saturated carbocycles. The van der Waals surface area contributed by atoms with Gasteiger partial charge in [-0.05, 0) is 36.4 Å². The molecule has 0 aliphatic heterocycles. The maximum absolute atomic E-state index is 11.8. The standard InChI is InChI=1S/C16H19N3O3/c1-21-10-9-17-16(20)15-8-5-13(11-18-15)19-12-3-6-14(22-2)7-4-12/h3-8,11,19H,9-10H2,1-2H3,(H,17,20). The lowest BCUT2D eigenvalue weighted by Crippen LogP contribution is -2.27. The summed E-state index contributed by atoms with van der Waals surface area (Å²) in [7, 11) is 3.22. The molecule has 2 N–H and O–H groups in total. The largest absolute Gasteiger partial charge is 0.497 e. The summed E-state index contributed by atoms with van der Waals surface area (Å²) < 4.78 is 9.98. The van der Waals surface area contributed by atoms with Gasteiger partial charge in [-0.2, -0.15) is 0 Å². The number of carbonyl (C=O) groups excluding carboxylic acids is 1. The van der Waals surface area contributed by atoms with Crippen LogP contribution in [-0.2, 0) is 4.74 Å². The summed E-state index contributed by atoms with van der Waals surface area (Å²) in [6.07, 6.45) is 1.62. The Morgan fingerprint density at radius 3 is 2.41 bits per heavy atom. The van der Waals surface area contributed by atoms with Gasteiger partial charge in [-0.25, -0.2) is 4.98 Å². The van der Waals surface area contributed by atoms with Crippen LogP contribution >= 0.6 is 0 Å². The molecule has 0 atom stereocenters. The number of hydrogen-bond acceptors (Lipinski definition) is 5. The van der Waals surface area contributed by atoms with Crippen LogP contribution in [0.3, 0.4) is 0 Å². The number of hydrogen-bond donors (Lipinski definition) is 2. The van der Waals surface area contributed by atoms with Gasteiger partial charge in [0.1, 0.15) is 11.4 Å². The molecule has 0 aliphatic rings. The zero-order valence-electron chi connectivity index (χ0n) is 12.6. The summed E-state index contributed by atoms with van der Waals surface area (Å²) in [6, 6.07) is 11.0. The molecule has 0 spiro atoms. The summed E-state index contributed by atoms with van der Waals surface area (Å²) in [4.78, 5) is 15.9. The lowest BCUT2D eigenvalue weighted by molar-refractivity contribution is 0.0932. The monoisotopic (exact) mass is 301 g/mol. The highest BCUT2D eigenvalue weighted by molar-refractivity contribution is 5.92. The van der Waals surface area contributed by atoms with Crippen LogP contribution in [0.2, 0.25) is 0 Å². The van der Waals surface area contributed by atoms with Gasteiger partial charge < -0.3 is 20.1 Å². The molecular weight excluding hydrogens is 282 g/mol. The molecule has 116 valence electrons. The number of nitrogens with zero attached hydrogens (tertiary/aromatic N) is 1. The maximum atomic E-state index is 11.8. The molecule has 0 unspecified atom stereocenters. The van der Waals surface area contributed by atoms with Crippen molar-refractivity contribution in [2.45, 2.75) is 0 Å². The minimum atomic E-state index is -0.215. The predicted octanol–water partition coefficient (Wildman–Crippen LogP) is 2.21. The molecule has 2 rings (SSSR count). The van der Waals surface area contributed by atoms with E-state index in [2.05, 4.69) is 15.6 Å². The highest BCUT2D eigenvalue weighted by Crippen LogP contribution is 2.19. The summed E-state index contributed by atoms with van der Waals surface area (Å²) >= 11 is 0. The van der Waals surface area contributed by atoms with Crippen LogP contribution in [0.15, 0.2) is 42.6 Å². The fourth-order valence-corrected chi connectivity index (χ4v) is 1.80. The SMILES string of the molecule is COCCNC(=O)c1ccc(Nc2ccc(OC)cc2)cn1. The average molecular weight is 301 g/mol. The molecule has 1 aromatic heterocycles. The molecule has 0 saturated heterocycles. The van der Waals surface area contributed by atoms with Crippen molar-refractivity contribution in [2.75, 3.05) is 32.7 Å². The van der Waals surface area contributed by atoms with Gasteiger partial charge in [-0.15, -0.1) is 0 Å². The Bertz CT molecular complexity index is 597. The van der Waals surface area contributed by atoms with E-state index in [0.717, 1.165) is 17.1 Å². The van der Waals surface area contributed by atoms with E-state index in [1.807, 2.05) is 30.3 Å². The van der Waals surface area contributed by atoms with Crippen molar-refractivity contribution in [3.63, 3.8) is 0 Å². The second kappa shape index (κ2) is 7.99. The second-order valence-electron chi connectivity index (χ2n) is 4.53. The van der Waals surface area contributed by atoms with Crippen LogP contribution in [0.5, 0.6) is 5.75 Å². The second-order valence-corrected chi connectivity index (χ2v) is 4.53. The number of rotatable bonds is 7. The van der Waals surface area contributed by atoms with Gasteiger partial charge in [0, 0.05) is 19.3 Å². The van der Waals surface area contributed by atoms with Crippen molar-refractivity contribution in [1.82, 2.24) is 10.3 Å². The molecule has 0 fully saturated rings. The van der Waals surface area contributed by atoms with E-state index in [1.54, 1.807) is 26.5 Å². The first-order chi connectivity index (χ1) is 10.7. The van der Waals surface area contributed by atoms with Crippen molar-refractivity contribution in [3.05, 3.63) is 48.3 Å². The number of nitrogens with one attached hydrogen (secondary N) is 2. The summed E-state index contributed by atoms with van der Waals surface area (Å²) in [6.45, 7) is 0.936. The zero-order chi connectivity index (χ0) is 15.8. The number of ether oxygens (including phenoxy) is 2.